The Hall–Kier alpha value is -0.690. The van der Waals surface area contributed by atoms with Crippen LogP contribution in [0.25, 0.3) is 0 Å². The molecule has 0 nitrogen and oxygen atoms in total. The van der Waals surface area contributed by atoms with Gasteiger partial charge in [-0.25, -0.2) is 0 Å². The highest BCUT2D eigenvalue weighted by atomic mass is 32.2. The summed E-state index contributed by atoms with van der Waals surface area (Å²) in [6, 6.07) is 10.7. The summed E-state index contributed by atoms with van der Waals surface area (Å²) in [6.07, 6.45) is 10.6. The molecule has 0 amide bonds. The molecule has 0 saturated carbocycles. The third-order valence-corrected chi connectivity index (χ3v) is 4.30. The maximum atomic E-state index is 2.40. The Morgan fingerprint density at radius 3 is 2.00 bits per heavy atom. The van der Waals surface area contributed by atoms with E-state index in [1.165, 1.54) is 56.3 Å². The second-order valence-corrected chi connectivity index (χ2v) is 6.06. The van der Waals surface area contributed by atoms with Crippen LogP contribution in [0.3, 0.4) is 0 Å². The number of hydrogen-bond donors (Lipinski definition) is 0. The van der Waals surface area contributed by atoms with Crippen LogP contribution in [0, 0.1) is 0 Å². The quantitative estimate of drug-likeness (QED) is 0.333. The second kappa shape index (κ2) is 11.2. The van der Waals surface area contributed by atoms with E-state index in [9.17, 15) is 0 Å². The van der Waals surface area contributed by atoms with Crippen molar-refractivity contribution in [1.29, 1.82) is 0 Å². The summed E-state index contributed by atoms with van der Waals surface area (Å²) in [4.78, 5) is 1.35. The van der Waals surface area contributed by atoms with Gasteiger partial charge in [0, 0.05) is 4.90 Å². The second-order valence-electron chi connectivity index (χ2n) is 5.12. The van der Waals surface area contributed by atoms with Crippen molar-refractivity contribution in [3.63, 3.8) is 0 Å². The molecular weight excluding hydrogens is 248 g/mol. The first-order valence-electron chi connectivity index (χ1n) is 7.76. The van der Waals surface area contributed by atoms with E-state index >= 15 is 0 Å². The molecule has 1 aromatic carbocycles. The molecule has 0 N–H and O–H groups in total. The Balaban J connectivity index is 2.45. The van der Waals surface area contributed by atoms with Gasteiger partial charge in [0.15, 0.2) is 0 Å². The molecule has 1 heteroatoms. The van der Waals surface area contributed by atoms with Crippen LogP contribution in [-0.4, -0.2) is 0 Å². The Morgan fingerprint density at radius 2 is 1.47 bits per heavy atom. The molecule has 106 valence electrons. The molecule has 0 aromatic heterocycles. The maximum absolute atomic E-state index is 2.40. The van der Waals surface area contributed by atoms with E-state index < -0.39 is 0 Å². The molecule has 0 aliphatic rings. The summed E-state index contributed by atoms with van der Waals surface area (Å²) in [7, 11) is 0. The van der Waals surface area contributed by atoms with Gasteiger partial charge in [-0.05, 0) is 43.2 Å². The Morgan fingerprint density at radius 1 is 0.895 bits per heavy atom. The predicted octanol–water partition coefficient (Wildman–Crippen LogP) is 6.82. The average Bonchev–Trinajstić information content (AvgIpc) is 2.45. The zero-order chi connectivity index (χ0) is 13.8. The third-order valence-electron chi connectivity index (χ3n) is 3.31. The van der Waals surface area contributed by atoms with Crippen molar-refractivity contribution in [2.24, 2.45) is 0 Å². The van der Waals surface area contributed by atoms with E-state index in [1.54, 1.807) is 5.57 Å². The molecule has 0 heterocycles. The van der Waals surface area contributed by atoms with Crippen molar-refractivity contribution < 1.29 is 0 Å². The monoisotopic (exact) mass is 276 g/mol. The Kier molecular flexibility index (Phi) is 9.61. The Bertz CT molecular complexity index is 328. The standard InChI is InChI=1S/C18H28S/c1-3-5-8-12-17(13-9-6-4-2)16-19-18-14-10-7-11-15-18/h7,10-11,14-16H,3-6,8-9,12-13H2,1-2H3. The highest BCUT2D eigenvalue weighted by Crippen LogP contribution is 2.25. The fourth-order valence-electron chi connectivity index (χ4n) is 2.10. The molecule has 0 bridgehead atoms. The van der Waals surface area contributed by atoms with E-state index in [0.29, 0.717) is 0 Å². The van der Waals surface area contributed by atoms with Gasteiger partial charge in [0.1, 0.15) is 0 Å². The summed E-state index contributed by atoms with van der Waals surface area (Å²) < 4.78 is 0. The van der Waals surface area contributed by atoms with Crippen LogP contribution in [0.2, 0.25) is 0 Å². The van der Waals surface area contributed by atoms with E-state index in [1.807, 2.05) is 11.8 Å². The fraction of sp³-hybridized carbons (Fsp3) is 0.556. The summed E-state index contributed by atoms with van der Waals surface area (Å²) in [6.45, 7) is 4.55. The summed E-state index contributed by atoms with van der Waals surface area (Å²) in [5.74, 6) is 0. The first-order chi connectivity index (χ1) is 9.36. The molecular formula is C18H28S. The van der Waals surface area contributed by atoms with Crippen molar-refractivity contribution >= 4 is 11.8 Å². The molecule has 19 heavy (non-hydrogen) atoms. The molecule has 1 aromatic rings. The minimum atomic E-state index is 1.29. The number of hydrogen-bond acceptors (Lipinski definition) is 1. The predicted molar refractivity (Wildman–Crippen MR) is 88.7 cm³/mol. The molecule has 0 saturated heterocycles. The molecule has 0 aliphatic carbocycles. The molecule has 0 unspecified atom stereocenters. The number of allylic oxidation sites excluding steroid dienone is 1. The van der Waals surface area contributed by atoms with Crippen LogP contribution in [0.15, 0.2) is 46.2 Å². The summed E-state index contributed by atoms with van der Waals surface area (Å²) in [5, 5.41) is 2.40. The fourth-order valence-corrected chi connectivity index (χ4v) is 2.95. The van der Waals surface area contributed by atoms with E-state index in [2.05, 4.69) is 49.6 Å². The minimum absolute atomic E-state index is 1.29. The lowest BCUT2D eigenvalue weighted by atomic mass is 10.0. The van der Waals surface area contributed by atoms with Crippen LogP contribution in [0.5, 0.6) is 0 Å². The SMILES string of the molecule is CCCCCC(=CSc1ccccc1)CCCCC. The average molecular weight is 276 g/mol. The van der Waals surface area contributed by atoms with Crippen LogP contribution < -0.4 is 0 Å². The van der Waals surface area contributed by atoms with Gasteiger partial charge in [-0.1, -0.05) is 75.1 Å². The number of benzene rings is 1. The van der Waals surface area contributed by atoms with Gasteiger partial charge in [0.2, 0.25) is 0 Å². The normalized spacial score (nSPS) is 10.4. The van der Waals surface area contributed by atoms with Gasteiger partial charge in [0.25, 0.3) is 0 Å². The van der Waals surface area contributed by atoms with Gasteiger partial charge < -0.3 is 0 Å². The number of unbranched alkanes of at least 4 members (excludes halogenated alkanes) is 4. The highest BCUT2D eigenvalue weighted by molar-refractivity contribution is 8.02. The molecule has 0 fully saturated rings. The van der Waals surface area contributed by atoms with Crippen LogP contribution in [0.4, 0.5) is 0 Å². The van der Waals surface area contributed by atoms with Gasteiger partial charge in [-0.3, -0.25) is 0 Å². The van der Waals surface area contributed by atoms with Crippen LogP contribution in [0.1, 0.15) is 65.2 Å². The van der Waals surface area contributed by atoms with Gasteiger partial charge in [-0.15, -0.1) is 0 Å². The largest absolute Gasteiger partial charge is 0.0981 e. The van der Waals surface area contributed by atoms with E-state index in [-0.39, 0.29) is 0 Å². The Labute approximate surface area is 123 Å². The topological polar surface area (TPSA) is 0 Å². The number of thioether (sulfide) groups is 1. The minimum Gasteiger partial charge on any atom is -0.0981 e. The lowest BCUT2D eigenvalue weighted by Crippen LogP contribution is -1.86. The van der Waals surface area contributed by atoms with Crippen molar-refractivity contribution in [1.82, 2.24) is 0 Å². The van der Waals surface area contributed by atoms with Crippen molar-refractivity contribution in [3.05, 3.63) is 41.3 Å². The summed E-state index contributed by atoms with van der Waals surface area (Å²) in [5.41, 5.74) is 1.65. The smallest absolute Gasteiger partial charge is 0.0116 e. The van der Waals surface area contributed by atoms with E-state index in [4.69, 9.17) is 0 Å². The molecule has 0 aliphatic heterocycles. The first kappa shape index (κ1) is 16.4. The molecule has 0 atom stereocenters. The summed E-state index contributed by atoms with van der Waals surface area (Å²) >= 11 is 1.88. The first-order valence-corrected chi connectivity index (χ1v) is 8.64. The number of rotatable bonds is 10. The van der Waals surface area contributed by atoms with Crippen molar-refractivity contribution in [2.45, 2.75) is 70.1 Å². The molecule has 0 spiro atoms. The molecule has 1 rings (SSSR count). The third kappa shape index (κ3) is 8.15. The maximum Gasteiger partial charge on any atom is 0.0116 e. The lowest BCUT2D eigenvalue weighted by Gasteiger charge is -2.07. The lowest BCUT2D eigenvalue weighted by molar-refractivity contribution is 0.660. The molecule has 0 radical (unpaired) electrons. The van der Waals surface area contributed by atoms with Crippen molar-refractivity contribution in [2.75, 3.05) is 0 Å². The van der Waals surface area contributed by atoms with Crippen LogP contribution in [-0.2, 0) is 0 Å². The van der Waals surface area contributed by atoms with Gasteiger partial charge in [0.05, 0.1) is 0 Å². The van der Waals surface area contributed by atoms with Crippen molar-refractivity contribution in [3.8, 4) is 0 Å². The highest BCUT2D eigenvalue weighted by Gasteiger charge is 1.99. The zero-order valence-corrected chi connectivity index (χ0v) is 13.3. The van der Waals surface area contributed by atoms with E-state index in [0.717, 1.165) is 0 Å². The van der Waals surface area contributed by atoms with Gasteiger partial charge >= 0.3 is 0 Å². The zero-order valence-electron chi connectivity index (χ0n) is 12.5. The van der Waals surface area contributed by atoms with Gasteiger partial charge in [-0.2, -0.15) is 0 Å². The van der Waals surface area contributed by atoms with Crippen LogP contribution >= 0.6 is 11.8 Å².